The van der Waals surface area contributed by atoms with Crippen molar-refractivity contribution in [2.75, 3.05) is 5.75 Å². The normalized spacial score (nSPS) is 11.7. The maximum atomic E-state index is 11.8. The van der Waals surface area contributed by atoms with E-state index in [0.717, 1.165) is 23.1 Å². The number of hydrogen-bond acceptors (Lipinski definition) is 3. The van der Waals surface area contributed by atoms with Gasteiger partial charge in [-0.2, -0.15) is 13.2 Å². The van der Waals surface area contributed by atoms with Crippen LogP contribution in [-0.4, -0.2) is 23.0 Å². The van der Waals surface area contributed by atoms with Gasteiger partial charge in [0.25, 0.3) is 0 Å². The number of carboxylic acid groups (broad SMARTS) is 1. The summed E-state index contributed by atoms with van der Waals surface area (Å²) in [6.07, 6.45) is -5.02. The molecule has 0 saturated heterocycles. The quantitative estimate of drug-likeness (QED) is 0.838. The fourth-order valence-corrected chi connectivity index (χ4v) is 2.66. The van der Waals surface area contributed by atoms with Crippen molar-refractivity contribution in [3.63, 3.8) is 0 Å². The van der Waals surface area contributed by atoms with Gasteiger partial charge in [0.2, 0.25) is 0 Å². The average molecular weight is 256 g/mol. The summed E-state index contributed by atoms with van der Waals surface area (Å²) in [7, 11) is 0. The van der Waals surface area contributed by atoms with Crippen LogP contribution in [0.1, 0.15) is 16.1 Å². The molecule has 1 rings (SSSR count). The van der Waals surface area contributed by atoms with E-state index in [0.29, 0.717) is 4.90 Å². The standard InChI is InChI=1S/C8H7F3O2S2/c9-8(10,11)1-2-14-5-3-6(7(12)13)15-4-5/h3-4H,1-2H2,(H,12,13). The van der Waals surface area contributed by atoms with Gasteiger partial charge in [0, 0.05) is 16.0 Å². The number of hydrogen-bond donors (Lipinski definition) is 1. The summed E-state index contributed by atoms with van der Waals surface area (Å²) in [6, 6.07) is 1.38. The molecule has 0 bridgehead atoms. The summed E-state index contributed by atoms with van der Waals surface area (Å²) in [4.78, 5) is 11.2. The minimum absolute atomic E-state index is 0.0840. The first kappa shape index (κ1) is 12.4. The highest BCUT2D eigenvalue weighted by Gasteiger charge is 2.26. The molecule has 0 spiro atoms. The van der Waals surface area contributed by atoms with Gasteiger partial charge in [-0.15, -0.1) is 23.1 Å². The van der Waals surface area contributed by atoms with Gasteiger partial charge in [-0.3, -0.25) is 0 Å². The van der Waals surface area contributed by atoms with E-state index in [4.69, 9.17) is 5.11 Å². The minimum atomic E-state index is -4.15. The van der Waals surface area contributed by atoms with Gasteiger partial charge in [-0.05, 0) is 6.07 Å². The van der Waals surface area contributed by atoms with Crippen LogP contribution < -0.4 is 0 Å². The maximum Gasteiger partial charge on any atom is 0.389 e. The lowest BCUT2D eigenvalue weighted by Crippen LogP contribution is -2.07. The zero-order valence-corrected chi connectivity index (χ0v) is 9.01. The molecule has 0 saturated carbocycles. The summed E-state index contributed by atoms with van der Waals surface area (Å²) in [5.41, 5.74) is 0. The molecule has 0 aliphatic heterocycles. The molecule has 0 aliphatic rings. The van der Waals surface area contributed by atoms with E-state index in [1.54, 1.807) is 5.38 Å². The Morgan fingerprint density at radius 2 is 2.20 bits per heavy atom. The third kappa shape index (κ3) is 4.57. The summed E-state index contributed by atoms with van der Waals surface area (Å²) < 4.78 is 35.4. The van der Waals surface area contributed by atoms with Gasteiger partial charge >= 0.3 is 12.1 Å². The van der Waals surface area contributed by atoms with E-state index in [1.807, 2.05) is 0 Å². The predicted octanol–water partition coefficient (Wildman–Crippen LogP) is 3.49. The molecular formula is C8H7F3O2S2. The van der Waals surface area contributed by atoms with Gasteiger partial charge in [0.15, 0.2) is 0 Å². The van der Waals surface area contributed by atoms with Crippen LogP contribution in [0.3, 0.4) is 0 Å². The first-order chi connectivity index (χ1) is 6.88. The van der Waals surface area contributed by atoms with Gasteiger partial charge in [-0.1, -0.05) is 0 Å². The molecule has 1 N–H and O–H groups in total. The Morgan fingerprint density at radius 3 is 2.67 bits per heavy atom. The van der Waals surface area contributed by atoms with Crippen LogP contribution in [0.2, 0.25) is 0 Å². The highest BCUT2D eigenvalue weighted by molar-refractivity contribution is 7.99. The molecule has 1 aromatic rings. The molecule has 1 heterocycles. The van der Waals surface area contributed by atoms with Crippen LogP contribution in [0.4, 0.5) is 13.2 Å². The molecule has 2 nitrogen and oxygen atoms in total. The Bertz CT molecular complexity index is 346. The van der Waals surface area contributed by atoms with Crippen LogP contribution in [0.15, 0.2) is 16.3 Å². The highest BCUT2D eigenvalue weighted by atomic mass is 32.2. The van der Waals surface area contributed by atoms with E-state index in [9.17, 15) is 18.0 Å². The number of thioether (sulfide) groups is 1. The van der Waals surface area contributed by atoms with Crippen molar-refractivity contribution in [1.29, 1.82) is 0 Å². The van der Waals surface area contributed by atoms with E-state index in [2.05, 4.69) is 0 Å². The van der Waals surface area contributed by atoms with Gasteiger partial charge in [-0.25, -0.2) is 4.79 Å². The molecular weight excluding hydrogens is 249 g/mol. The largest absolute Gasteiger partial charge is 0.477 e. The van der Waals surface area contributed by atoms with Crippen molar-refractivity contribution in [2.45, 2.75) is 17.5 Å². The molecule has 84 valence electrons. The lowest BCUT2D eigenvalue weighted by molar-refractivity contribution is -0.129. The average Bonchev–Trinajstić information content (AvgIpc) is 2.50. The molecule has 0 unspecified atom stereocenters. The van der Waals surface area contributed by atoms with Crippen LogP contribution in [0.25, 0.3) is 0 Å². The SMILES string of the molecule is O=C(O)c1cc(SCCC(F)(F)F)cs1. The van der Waals surface area contributed by atoms with Crippen molar-refractivity contribution < 1.29 is 23.1 Å². The molecule has 0 radical (unpaired) electrons. The summed E-state index contributed by atoms with van der Waals surface area (Å²) in [6.45, 7) is 0. The summed E-state index contributed by atoms with van der Waals surface area (Å²) in [5.74, 6) is -1.14. The Labute approximate surface area is 92.1 Å². The smallest absolute Gasteiger partial charge is 0.389 e. The number of thiophene rings is 1. The zero-order valence-electron chi connectivity index (χ0n) is 7.37. The predicted molar refractivity (Wildman–Crippen MR) is 52.7 cm³/mol. The second-order valence-corrected chi connectivity index (χ2v) is 4.75. The number of halogens is 3. The van der Waals surface area contributed by atoms with E-state index in [1.165, 1.54) is 6.07 Å². The van der Waals surface area contributed by atoms with Crippen molar-refractivity contribution in [3.05, 3.63) is 16.3 Å². The molecule has 0 fully saturated rings. The number of carboxylic acids is 1. The van der Waals surface area contributed by atoms with Gasteiger partial charge < -0.3 is 5.11 Å². The van der Waals surface area contributed by atoms with Crippen LogP contribution in [0.5, 0.6) is 0 Å². The van der Waals surface area contributed by atoms with E-state index < -0.39 is 18.6 Å². The number of alkyl halides is 3. The molecule has 7 heteroatoms. The second kappa shape index (κ2) is 4.89. The van der Waals surface area contributed by atoms with Crippen LogP contribution in [0, 0.1) is 0 Å². The van der Waals surface area contributed by atoms with Crippen molar-refractivity contribution in [1.82, 2.24) is 0 Å². The summed E-state index contributed by atoms with van der Waals surface area (Å²) in [5, 5.41) is 10.1. The first-order valence-electron chi connectivity index (χ1n) is 3.90. The Morgan fingerprint density at radius 1 is 1.53 bits per heavy atom. The molecule has 15 heavy (non-hydrogen) atoms. The van der Waals surface area contributed by atoms with Gasteiger partial charge in [0.1, 0.15) is 4.88 Å². The summed E-state index contributed by atoms with van der Waals surface area (Å²) >= 11 is 2.03. The van der Waals surface area contributed by atoms with Crippen molar-refractivity contribution >= 4 is 29.1 Å². The van der Waals surface area contributed by atoms with Crippen LogP contribution in [-0.2, 0) is 0 Å². The van der Waals surface area contributed by atoms with Crippen molar-refractivity contribution in [3.8, 4) is 0 Å². The fourth-order valence-electron chi connectivity index (χ4n) is 0.791. The lowest BCUT2D eigenvalue weighted by Gasteiger charge is -2.03. The lowest BCUT2D eigenvalue weighted by atomic mass is 10.5. The zero-order chi connectivity index (χ0) is 11.5. The minimum Gasteiger partial charge on any atom is -0.477 e. The highest BCUT2D eigenvalue weighted by Crippen LogP contribution is 2.28. The van der Waals surface area contributed by atoms with Gasteiger partial charge in [0.05, 0.1) is 6.42 Å². The van der Waals surface area contributed by atoms with E-state index in [-0.39, 0.29) is 10.6 Å². The third-order valence-corrected chi connectivity index (χ3v) is 3.49. The second-order valence-electron chi connectivity index (χ2n) is 2.67. The number of aromatic carboxylic acids is 1. The van der Waals surface area contributed by atoms with E-state index >= 15 is 0 Å². The third-order valence-electron chi connectivity index (χ3n) is 1.44. The Balaban J connectivity index is 2.41. The molecule has 0 aromatic carbocycles. The molecule has 0 amide bonds. The first-order valence-corrected chi connectivity index (χ1v) is 5.76. The molecule has 0 aliphatic carbocycles. The van der Waals surface area contributed by atoms with Crippen molar-refractivity contribution in [2.24, 2.45) is 0 Å². The monoisotopic (exact) mass is 256 g/mol. The molecule has 1 aromatic heterocycles. The molecule has 0 atom stereocenters. The Kier molecular flexibility index (Phi) is 4.04. The number of rotatable bonds is 4. The van der Waals surface area contributed by atoms with Crippen LogP contribution >= 0.6 is 23.1 Å². The maximum absolute atomic E-state index is 11.8. The Hall–Kier alpha value is -0.690. The topological polar surface area (TPSA) is 37.3 Å². The fraction of sp³-hybridized carbons (Fsp3) is 0.375. The number of carbonyl (C=O) groups is 1.